The SMILES string of the molecule is CC(C)NCc1ccc(N(C)Cc2csc(Br)c2)c(Cl)c1. The summed E-state index contributed by atoms with van der Waals surface area (Å²) in [4.78, 5) is 2.18. The molecule has 0 atom stereocenters. The van der Waals surface area contributed by atoms with Gasteiger partial charge in [0.1, 0.15) is 0 Å². The summed E-state index contributed by atoms with van der Waals surface area (Å²) < 4.78 is 1.16. The summed E-state index contributed by atoms with van der Waals surface area (Å²) in [5, 5.41) is 6.37. The maximum atomic E-state index is 6.43. The first kappa shape index (κ1) is 16.8. The molecule has 1 aromatic carbocycles. The minimum Gasteiger partial charge on any atom is -0.369 e. The Kier molecular flexibility index (Phi) is 6.11. The fourth-order valence-electron chi connectivity index (χ4n) is 2.08. The van der Waals surface area contributed by atoms with Crippen LogP contribution in [0.1, 0.15) is 25.0 Å². The van der Waals surface area contributed by atoms with E-state index in [1.54, 1.807) is 11.3 Å². The third-order valence-electron chi connectivity index (χ3n) is 3.18. The molecule has 0 spiro atoms. The van der Waals surface area contributed by atoms with E-state index >= 15 is 0 Å². The minimum absolute atomic E-state index is 0.475. The Bertz CT molecular complexity index is 598. The van der Waals surface area contributed by atoms with Crippen LogP contribution in [-0.4, -0.2) is 13.1 Å². The number of halogens is 2. The molecule has 2 aromatic rings. The summed E-state index contributed by atoms with van der Waals surface area (Å²) in [5.74, 6) is 0. The maximum Gasteiger partial charge on any atom is 0.0701 e. The van der Waals surface area contributed by atoms with Gasteiger partial charge in [-0.2, -0.15) is 0 Å². The molecule has 114 valence electrons. The second kappa shape index (κ2) is 7.63. The van der Waals surface area contributed by atoms with E-state index in [0.717, 1.165) is 27.6 Å². The molecule has 21 heavy (non-hydrogen) atoms. The summed E-state index contributed by atoms with van der Waals surface area (Å²) in [5.41, 5.74) is 3.56. The maximum absolute atomic E-state index is 6.43. The van der Waals surface area contributed by atoms with Crippen LogP contribution in [-0.2, 0) is 13.1 Å². The molecule has 0 aliphatic heterocycles. The van der Waals surface area contributed by atoms with Crippen LogP contribution >= 0.6 is 38.9 Å². The van der Waals surface area contributed by atoms with Crippen LogP contribution in [0.4, 0.5) is 5.69 Å². The Morgan fingerprint density at radius 2 is 2.05 bits per heavy atom. The zero-order valence-corrected chi connectivity index (χ0v) is 15.6. The van der Waals surface area contributed by atoms with E-state index in [2.05, 4.69) is 70.6 Å². The van der Waals surface area contributed by atoms with Crippen molar-refractivity contribution in [2.75, 3.05) is 11.9 Å². The first-order valence-corrected chi connectivity index (χ1v) is 8.96. The summed E-state index contributed by atoms with van der Waals surface area (Å²) >= 11 is 11.6. The van der Waals surface area contributed by atoms with E-state index in [0.29, 0.717) is 6.04 Å². The van der Waals surface area contributed by atoms with Gasteiger partial charge < -0.3 is 10.2 Å². The fourth-order valence-corrected chi connectivity index (χ4v) is 3.63. The molecule has 0 bridgehead atoms. The van der Waals surface area contributed by atoms with Gasteiger partial charge in [-0.1, -0.05) is 31.5 Å². The number of hydrogen-bond donors (Lipinski definition) is 1. The highest BCUT2D eigenvalue weighted by Gasteiger charge is 2.09. The Morgan fingerprint density at radius 3 is 2.62 bits per heavy atom. The molecule has 5 heteroatoms. The Balaban J connectivity index is 2.05. The largest absolute Gasteiger partial charge is 0.369 e. The van der Waals surface area contributed by atoms with Crippen LogP contribution in [0.3, 0.4) is 0 Å². The monoisotopic (exact) mass is 386 g/mol. The topological polar surface area (TPSA) is 15.3 Å². The highest BCUT2D eigenvalue weighted by Crippen LogP contribution is 2.29. The predicted molar refractivity (Wildman–Crippen MR) is 97.6 cm³/mol. The second-order valence-corrected chi connectivity index (χ2v) is 8.13. The van der Waals surface area contributed by atoms with E-state index in [1.807, 2.05) is 6.07 Å². The third-order valence-corrected chi connectivity index (χ3v) is 5.04. The molecule has 2 rings (SSSR count). The lowest BCUT2D eigenvalue weighted by Gasteiger charge is -2.21. The van der Waals surface area contributed by atoms with Gasteiger partial charge in [0.05, 0.1) is 14.5 Å². The molecule has 0 aliphatic carbocycles. The van der Waals surface area contributed by atoms with Crippen molar-refractivity contribution in [2.45, 2.75) is 33.0 Å². The predicted octanol–water partition coefficient (Wildman–Crippen LogP) is 5.30. The number of nitrogens with one attached hydrogen (secondary N) is 1. The van der Waals surface area contributed by atoms with E-state index in [-0.39, 0.29) is 0 Å². The zero-order valence-electron chi connectivity index (χ0n) is 12.5. The van der Waals surface area contributed by atoms with Crippen molar-refractivity contribution in [2.24, 2.45) is 0 Å². The molecule has 1 aromatic heterocycles. The first-order valence-electron chi connectivity index (χ1n) is 6.91. The molecule has 1 heterocycles. The van der Waals surface area contributed by atoms with Crippen LogP contribution in [0, 0.1) is 0 Å². The standard InChI is InChI=1S/C16H20BrClN2S/c1-11(2)19-8-12-4-5-15(14(18)6-12)20(3)9-13-7-16(17)21-10-13/h4-7,10-11,19H,8-9H2,1-3H3. The summed E-state index contributed by atoms with van der Waals surface area (Å²) in [6, 6.07) is 8.91. The number of rotatable bonds is 6. The highest BCUT2D eigenvalue weighted by molar-refractivity contribution is 9.11. The molecular formula is C16H20BrClN2S. The van der Waals surface area contributed by atoms with Gasteiger partial charge in [-0.3, -0.25) is 0 Å². The molecular weight excluding hydrogens is 368 g/mol. The lowest BCUT2D eigenvalue weighted by molar-refractivity contribution is 0.589. The van der Waals surface area contributed by atoms with Crippen LogP contribution < -0.4 is 10.2 Å². The van der Waals surface area contributed by atoms with Gasteiger partial charge in [0.2, 0.25) is 0 Å². The van der Waals surface area contributed by atoms with Gasteiger partial charge in [-0.15, -0.1) is 11.3 Å². The minimum atomic E-state index is 0.475. The average Bonchev–Trinajstić information content (AvgIpc) is 2.81. The fraction of sp³-hybridized carbons (Fsp3) is 0.375. The number of nitrogens with zero attached hydrogens (tertiary/aromatic N) is 1. The number of benzene rings is 1. The van der Waals surface area contributed by atoms with Crippen LogP contribution in [0.15, 0.2) is 33.4 Å². The summed E-state index contributed by atoms with van der Waals surface area (Å²) in [6.45, 7) is 5.98. The van der Waals surface area contributed by atoms with Crippen molar-refractivity contribution in [3.63, 3.8) is 0 Å². The Hall–Kier alpha value is -0.550. The molecule has 1 N–H and O–H groups in total. The van der Waals surface area contributed by atoms with Gasteiger partial charge in [-0.05, 0) is 50.6 Å². The van der Waals surface area contributed by atoms with E-state index in [1.165, 1.54) is 11.1 Å². The number of thiophene rings is 1. The average molecular weight is 388 g/mol. The molecule has 0 saturated carbocycles. The lowest BCUT2D eigenvalue weighted by Crippen LogP contribution is -2.22. The Morgan fingerprint density at radius 1 is 1.29 bits per heavy atom. The first-order chi connectivity index (χ1) is 9.95. The van der Waals surface area contributed by atoms with E-state index in [9.17, 15) is 0 Å². The third kappa shape index (κ3) is 4.99. The van der Waals surface area contributed by atoms with Gasteiger partial charge in [0.15, 0.2) is 0 Å². The molecule has 0 amide bonds. The van der Waals surface area contributed by atoms with Gasteiger partial charge in [-0.25, -0.2) is 0 Å². The van der Waals surface area contributed by atoms with Crippen LogP contribution in [0.25, 0.3) is 0 Å². The molecule has 0 radical (unpaired) electrons. The second-order valence-electron chi connectivity index (χ2n) is 5.44. The van der Waals surface area contributed by atoms with Crippen molar-refractivity contribution in [3.8, 4) is 0 Å². The van der Waals surface area contributed by atoms with Crippen LogP contribution in [0.2, 0.25) is 5.02 Å². The van der Waals surface area contributed by atoms with Gasteiger partial charge in [0.25, 0.3) is 0 Å². The van der Waals surface area contributed by atoms with Crippen LogP contribution in [0.5, 0.6) is 0 Å². The quantitative estimate of drug-likeness (QED) is 0.723. The number of hydrogen-bond acceptors (Lipinski definition) is 3. The van der Waals surface area contributed by atoms with Crippen molar-refractivity contribution in [3.05, 3.63) is 49.6 Å². The molecule has 0 saturated heterocycles. The van der Waals surface area contributed by atoms with Crippen molar-refractivity contribution < 1.29 is 0 Å². The van der Waals surface area contributed by atoms with Crippen molar-refractivity contribution >= 4 is 44.6 Å². The van der Waals surface area contributed by atoms with E-state index in [4.69, 9.17) is 11.6 Å². The molecule has 0 unspecified atom stereocenters. The molecule has 2 nitrogen and oxygen atoms in total. The highest BCUT2D eigenvalue weighted by atomic mass is 79.9. The Labute approximate surface area is 144 Å². The van der Waals surface area contributed by atoms with Gasteiger partial charge in [0, 0.05) is 26.2 Å². The summed E-state index contributed by atoms with van der Waals surface area (Å²) in [6.07, 6.45) is 0. The zero-order chi connectivity index (χ0) is 15.4. The smallest absolute Gasteiger partial charge is 0.0701 e. The summed E-state index contributed by atoms with van der Waals surface area (Å²) in [7, 11) is 2.07. The molecule has 0 aliphatic rings. The molecule has 0 fully saturated rings. The number of anilines is 1. The lowest BCUT2D eigenvalue weighted by atomic mass is 10.1. The van der Waals surface area contributed by atoms with Crippen molar-refractivity contribution in [1.82, 2.24) is 5.32 Å². The van der Waals surface area contributed by atoms with Crippen molar-refractivity contribution in [1.29, 1.82) is 0 Å². The van der Waals surface area contributed by atoms with E-state index < -0.39 is 0 Å². The normalized spacial score (nSPS) is 11.1. The van der Waals surface area contributed by atoms with Gasteiger partial charge >= 0.3 is 0 Å².